The van der Waals surface area contributed by atoms with Crippen molar-refractivity contribution in [3.8, 4) is 0 Å². The van der Waals surface area contributed by atoms with Gasteiger partial charge >= 0.3 is 6.18 Å². The molecule has 0 aliphatic carbocycles. The number of rotatable bonds is 0. The molecule has 19 heavy (non-hydrogen) atoms. The van der Waals surface area contributed by atoms with E-state index in [-0.39, 0.29) is 4.47 Å². The molecular formula is C14H9BrF3N. The summed E-state index contributed by atoms with van der Waals surface area (Å²) < 4.78 is 38.6. The van der Waals surface area contributed by atoms with Crippen LogP contribution in [0, 0.1) is 6.92 Å². The van der Waals surface area contributed by atoms with E-state index in [4.69, 9.17) is 0 Å². The van der Waals surface area contributed by atoms with Gasteiger partial charge in [-0.05, 0) is 30.7 Å². The first-order valence-corrected chi connectivity index (χ1v) is 6.44. The summed E-state index contributed by atoms with van der Waals surface area (Å²) in [6.07, 6.45) is -4.36. The summed E-state index contributed by atoms with van der Waals surface area (Å²) in [4.78, 5) is 3.04. The lowest BCUT2D eigenvalue weighted by Gasteiger charge is -2.08. The largest absolute Gasteiger partial charge is 0.417 e. The van der Waals surface area contributed by atoms with Crippen molar-refractivity contribution in [2.45, 2.75) is 13.1 Å². The van der Waals surface area contributed by atoms with E-state index >= 15 is 0 Å². The van der Waals surface area contributed by atoms with Gasteiger partial charge in [-0.2, -0.15) is 13.2 Å². The highest BCUT2D eigenvalue weighted by atomic mass is 79.9. The Morgan fingerprint density at radius 3 is 2.37 bits per heavy atom. The molecule has 1 nitrogen and oxygen atoms in total. The maximum absolute atomic E-state index is 12.9. The third kappa shape index (κ3) is 2.02. The van der Waals surface area contributed by atoms with Gasteiger partial charge in [0.05, 0.1) is 5.56 Å². The zero-order chi connectivity index (χ0) is 13.8. The molecular weight excluding hydrogens is 319 g/mol. The van der Waals surface area contributed by atoms with Gasteiger partial charge in [-0.25, -0.2) is 0 Å². The SMILES string of the molecule is Cc1ccc2c(c1)[nH]c1cc(C(F)(F)F)c(Br)cc12. The van der Waals surface area contributed by atoms with Crippen molar-refractivity contribution < 1.29 is 13.2 Å². The monoisotopic (exact) mass is 327 g/mol. The molecule has 98 valence electrons. The van der Waals surface area contributed by atoms with E-state index in [2.05, 4.69) is 20.9 Å². The van der Waals surface area contributed by atoms with Gasteiger partial charge in [-0.1, -0.05) is 28.1 Å². The fourth-order valence-corrected chi connectivity index (χ4v) is 2.83. The van der Waals surface area contributed by atoms with Crippen LogP contribution in [0.25, 0.3) is 21.8 Å². The second kappa shape index (κ2) is 4.00. The third-order valence-electron chi connectivity index (χ3n) is 3.15. The Hall–Kier alpha value is -1.49. The molecule has 0 spiro atoms. The number of H-pyrrole nitrogens is 1. The minimum atomic E-state index is -4.36. The average Bonchev–Trinajstić information content (AvgIpc) is 2.63. The number of aromatic nitrogens is 1. The van der Waals surface area contributed by atoms with E-state index in [0.29, 0.717) is 5.52 Å². The number of benzene rings is 2. The molecule has 0 aliphatic rings. The number of aryl methyl sites for hydroxylation is 1. The molecule has 0 amide bonds. The molecule has 2 aromatic carbocycles. The lowest BCUT2D eigenvalue weighted by atomic mass is 10.1. The van der Waals surface area contributed by atoms with Gasteiger partial charge in [0.15, 0.2) is 0 Å². The molecule has 5 heteroatoms. The number of aromatic amines is 1. The molecule has 0 aliphatic heterocycles. The summed E-state index contributed by atoms with van der Waals surface area (Å²) in [5.41, 5.74) is 1.75. The molecule has 0 bridgehead atoms. The highest BCUT2D eigenvalue weighted by molar-refractivity contribution is 9.10. The number of fused-ring (bicyclic) bond motifs is 3. The molecule has 1 aromatic heterocycles. The third-order valence-corrected chi connectivity index (χ3v) is 3.80. The summed E-state index contributed by atoms with van der Waals surface area (Å²) in [5, 5.41) is 1.71. The van der Waals surface area contributed by atoms with E-state index in [9.17, 15) is 13.2 Å². The second-order valence-electron chi connectivity index (χ2n) is 4.55. The Bertz CT molecular complexity index is 787. The van der Waals surface area contributed by atoms with Crippen molar-refractivity contribution in [3.05, 3.63) is 45.9 Å². The number of hydrogen-bond donors (Lipinski definition) is 1. The number of halogens is 4. The van der Waals surface area contributed by atoms with Crippen LogP contribution >= 0.6 is 15.9 Å². The number of hydrogen-bond acceptors (Lipinski definition) is 0. The van der Waals surface area contributed by atoms with E-state index in [1.54, 1.807) is 0 Å². The maximum atomic E-state index is 12.9. The summed E-state index contributed by atoms with van der Waals surface area (Å²) >= 11 is 3.00. The fourth-order valence-electron chi connectivity index (χ4n) is 2.26. The Labute approximate surface area is 115 Å². The van der Waals surface area contributed by atoms with Crippen LogP contribution in [0.1, 0.15) is 11.1 Å². The topological polar surface area (TPSA) is 15.8 Å². The van der Waals surface area contributed by atoms with Crippen LogP contribution < -0.4 is 0 Å². The van der Waals surface area contributed by atoms with Crippen LogP contribution in [0.4, 0.5) is 13.2 Å². The van der Waals surface area contributed by atoms with Crippen LogP contribution in [0.5, 0.6) is 0 Å². The molecule has 0 unspecified atom stereocenters. The molecule has 0 radical (unpaired) electrons. The van der Waals surface area contributed by atoms with E-state index in [0.717, 1.165) is 27.9 Å². The van der Waals surface area contributed by atoms with Crippen molar-refractivity contribution in [3.63, 3.8) is 0 Å². The maximum Gasteiger partial charge on any atom is 0.417 e. The first-order valence-electron chi connectivity index (χ1n) is 5.65. The lowest BCUT2D eigenvalue weighted by molar-refractivity contribution is -0.138. The van der Waals surface area contributed by atoms with Crippen molar-refractivity contribution >= 4 is 37.7 Å². The van der Waals surface area contributed by atoms with Gasteiger partial charge in [0, 0.05) is 26.3 Å². The number of nitrogens with one attached hydrogen (secondary N) is 1. The summed E-state index contributed by atoms with van der Waals surface area (Å²) in [5.74, 6) is 0. The Morgan fingerprint density at radius 2 is 1.68 bits per heavy atom. The van der Waals surface area contributed by atoms with Gasteiger partial charge in [-0.3, -0.25) is 0 Å². The van der Waals surface area contributed by atoms with Crippen LogP contribution in [-0.4, -0.2) is 4.98 Å². The minimum absolute atomic E-state index is 0.0639. The minimum Gasteiger partial charge on any atom is -0.354 e. The first kappa shape index (κ1) is 12.5. The molecule has 0 saturated carbocycles. The first-order chi connectivity index (χ1) is 8.86. The molecule has 0 fully saturated rings. The predicted octanol–water partition coefficient (Wildman–Crippen LogP) is 5.41. The normalized spacial score (nSPS) is 12.5. The zero-order valence-electron chi connectivity index (χ0n) is 9.90. The summed E-state index contributed by atoms with van der Waals surface area (Å²) in [6.45, 7) is 1.95. The molecule has 1 N–H and O–H groups in total. The Morgan fingerprint density at radius 1 is 1.00 bits per heavy atom. The lowest BCUT2D eigenvalue weighted by Crippen LogP contribution is -2.05. The van der Waals surface area contributed by atoms with Crippen LogP contribution in [-0.2, 0) is 6.18 Å². The van der Waals surface area contributed by atoms with Crippen LogP contribution in [0.15, 0.2) is 34.8 Å². The Kier molecular flexibility index (Phi) is 2.64. The van der Waals surface area contributed by atoms with Crippen molar-refractivity contribution in [2.24, 2.45) is 0 Å². The predicted molar refractivity (Wildman–Crippen MR) is 73.2 cm³/mol. The summed E-state index contributed by atoms with van der Waals surface area (Å²) in [6, 6.07) is 8.46. The van der Waals surface area contributed by atoms with Gasteiger partial charge < -0.3 is 4.98 Å². The van der Waals surface area contributed by atoms with E-state index in [1.807, 2.05) is 25.1 Å². The molecule has 0 atom stereocenters. The highest BCUT2D eigenvalue weighted by Gasteiger charge is 2.33. The quantitative estimate of drug-likeness (QED) is 0.568. The van der Waals surface area contributed by atoms with Crippen LogP contribution in [0.3, 0.4) is 0 Å². The molecule has 3 aromatic rings. The Balaban J connectivity index is 2.39. The second-order valence-corrected chi connectivity index (χ2v) is 5.40. The van der Waals surface area contributed by atoms with Crippen LogP contribution in [0.2, 0.25) is 0 Å². The molecule has 1 heterocycles. The molecule has 3 rings (SSSR count). The molecule has 0 saturated heterocycles. The zero-order valence-corrected chi connectivity index (χ0v) is 11.5. The van der Waals surface area contributed by atoms with Gasteiger partial charge in [0.2, 0.25) is 0 Å². The average molecular weight is 328 g/mol. The summed E-state index contributed by atoms with van der Waals surface area (Å²) in [7, 11) is 0. The standard InChI is InChI=1S/C14H9BrF3N/c1-7-2-3-8-9-5-11(15)10(14(16,17)18)6-13(9)19-12(8)4-7/h2-6,19H,1H3. The van der Waals surface area contributed by atoms with E-state index in [1.165, 1.54) is 6.07 Å². The highest BCUT2D eigenvalue weighted by Crippen LogP contribution is 2.38. The smallest absolute Gasteiger partial charge is 0.354 e. The van der Waals surface area contributed by atoms with E-state index < -0.39 is 11.7 Å². The van der Waals surface area contributed by atoms with Gasteiger partial charge in [0.25, 0.3) is 0 Å². The van der Waals surface area contributed by atoms with Crippen molar-refractivity contribution in [1.29, 1.82) is 0 Å². The van der Waals surface area contributed by atoms with Gasteiger partial charge in [-0.15, -0.1) is 0 Å². The van der Waals surface area contributed by atoms with Crippen molar-refractivity contribution in [2.75, 3.05) is 0 Å². The van der Waals surface area contributed by atoms with Gasteiger partial charge in [0.1, 0.15) is 0 Å². The fraction of sp³-hybridized carbons (Fsp3) is 0.143. The number of alkyl halides is 3. The van der Waals surface area contributed by atoms with Crippen molar-refractivity contribution in [1.82, 2.24) is 4.98 Å².